The molecule has 6 nitrogen and oxygen atoms in total. The van der Waals surface area contributed by atoms with E-state index in [1.165, 1.54) is 12.3 Å². The lowest BCUT2D eigenvalue weighted by atomic mass is 10.1. The van der Waals surface area contributed by atoms with Gasteiger partial charge in [-0.3, -0.25) is 9.59 Å². The summed E-state index contributed by atoms with van der Waals surface area (Å²) in [5.41, 5.74) is 0.599. The van der Waals surface area contributed by atoms with Gasteiger partial charge in [0.05, 0.1) is 5.02 Å². The number of H-pyrrole nitrogens is 1. The molecule has 1 aromatic carbocycles. The molecule has 0 fully saturated rings. The number of pyridine rings is 1. The van der Waals surface area contributed by atoms with Crippen LogP contribution in [-0.2, 0) is 6.42 Å². The van der Waals surface area contributed by atoms with E-state index in [0.29, 0.717) is 42.7 Å². The summed E-state index contributed by atoms with van der Waals surface area (Å²) >= 11 is 6.17. The monoisotopic (exact) mass is 334 g/mol. The molecule has 23 heavy (non-hydrogen) atoms. The van der Waals surface area contributed by atoms with Crippen molar-refractivity contribution in [3.8, 4) is 11.5 Å². The Hall–Kier alpha value is -2.47. The van der Waals surface area contributed by atoms with E-state index >= 15 is 0 Å². The summed E-state index contributed by atoms with van der Waals surface area (Å²) in [4.78, 5) is 26.0. The van der Waals surface area contributed by atoms with Crippen molar-refractivity contribution in [1.82, 2.24) is 10.3 Å². The van der Waals surface area contributed by atoms with Crippen LogP contribution in [0, 0.1) is 0 Å². The van der Waals surface area contributed by atoms with Gasteiger partial charge in [-0.2, -0.15) is 0 Å². The van der Waals surface area contributed by atoms with E-state index in [-0.39, 0.29) is 5.56 Å². The van der Waals surface area contributed by atoms with E-state index in [1.54, 1.807) is 12.1 Å². The summed E-state index contributed by atoms with van der Waals surface area (Å²) in [7, 11) is 0. The van der Waals surface area contributed by atoms with Gasteiger partial charge in [-0.25, -0.2) is 0 Å². The second kappa shape index (κ2) is 6.75. The lowest BCUT2D eigenvalue weighted by molar-refractivity contribution is 0.0952. The Bertz CT molecular complexity index is 788. The summed E-state index contributed by atoms with van der Waals surface area (Å²) in [6.07, 6.45) is 2.04. The highest BCUT2D eigenvalue weighted by molar-refractivity contribution is 6.32. The molecule has 0 saturated carbocycles. The largest absolute Gasteiger partial charge is 0.486 e. The molecule has 2 heterocycles. The molecule has 0 bridgehead atoms. The first-order chi connectivity index (χ1) is 11.1. The fraction of sp³-hybridized carbons (Fsp3) is 0.250. The standard InChI is InChI=1S/C16H15ClN2O4/c17-12-8-10(9-13-14(12)23-7-6-22-13)3-5-19-16(21)11-2-1-4-18-15(11)20/h1-2,4,8-9H,3,5-7H2,(H,18,20)(H,19,21). The van der Waals surface area contributed by atoms with Crippen molar-refractivity contribution in [2.75, 3.05) is 19.8 Å². The van der Waals surface area contributed by atoms with E-state index in [4.69, 9.17) is 21.1 Å². The van der Waals surface area contributed by atoms with E-state index < -0.39 is 11.5 Å². The van der Waals surface area contributed by atoms with Gasteiger partial charge in [-0.15, -0.1) is 0 Å². The first kappa shape index (κ1) is 15.4. The van der Waals surface area contributed by atoms with Crippen LogP contribution in [0.15, 0.2) is 35.3 Å². The molecule has 0 saturated heterocycles. The van der Waals surface area contributed by atoms with Crippen molar-refractivity contribution in [1.29, 1.82) is 0 Å². The SMILES string of the molecule is O=C(NCCc1cc(Cl)c2c(c1)OCCO2)c1ccc[nH]c1=O. The summed E-state index contributed by atoms with van der Waals surface area (Å²) in [5, 5.41) is 3.20. The topological polar surface area (TPSA) is 80.4 Å². The first-order valence-electron chi connectivity index (χ1n) is 7.19. The van der Waals surface area contributed by atoms with Gasteiger partial charge in [0.25, 0.3) is 11.5 Å². The molecule has 0 radical (unpaired) electrons. The van der Waals surface area contributed by atoms with Crippen molar-refractivity contribution < 1.29 is 14.3 Å². The van der Waals surface area contributed by atoms with Crippen LogP contribution < -0.4 is 20.3 Å². The number of nitrogens with one attached hydrogen (secondary N) is 2. The van der Waals surface area contributed by atoms with Crippen LogP contribution >= 0.6 is 11.6 Å². The average Bonchev–Trinajstić information content (AvgIpc) is 2.55. The number of amides is 1. The van der Waals surface area contributed by atoms with Gasteiger partial charge < -0.3 is 19.8 Å². The van der Waals surface area contributed by atoms with Crippen molar-refractivity contribution in [2.45, 2.75) is 6.42 Å². The number of carbonyl (C=O) groups is 1. The first-order valence-corrected chi connectivity index (χ1v) is 7.57. The second-order valence-electron chi connectivity index (χ2n) is 5.02. The molecule has 1 aliphatic rings. The molecule has 0 atom stereocenters. The van der Waals surface area contributed by atoms with Crippen molar-refractivity contribution in [3.63, 3.8) is 0 Å². The number of ether oxygens (including phenoxy) is 2. The van der Waals surface area contributed by atoms with E-state index in [9.17, 15) is 9.59 Å². The number of rotatable bonds is 4. The molecule has 1 aromatic heterocycles. The zero-order chi connectivity index (χ0) is 16.2. The maximum Gasteiger partial charge on any atom is 0.260 e. The molecule has 2 aromatic rings. The van der Waals surface area contributed by atoms with Gasteiger partial charge in [0.15, 0.2) is 11.5 Å². The number of fused-ring (bicyclic) bond motifs is 1. The number of aromatic nitrogens is 1. The molecule has 0 aliphatic carbocycles. The molecule has 120 valence electrons. The fourth-order valence-corrected chi connectivity index (χ4v) is 2.61. The van der Waals surface area contributed by atoms with E-state index in [0.717, 1.165) is 5.56 Å². The van der Waals surface area contributed by atoms with Crippen molar-refractivity contribution in [2.24, 2.45) is 0 Å². The highest BCUT2D eigenvalue weighted by Gasteiger charge is 2.16. The minimum Gasteiger partial charge on any atom is -0.486 e. The van der Waals surface area contributed by atoms with Gasteiger partial charge in [-0.05, 0) is 36.2 Å². The maximum atomic E-state index is 12.0. The van der Waals surface area contributed by atoms with Crippen LogP contribution in [0.5, 0.6) is 11.5 Å². The van der Waals surface area contributed by atoms with Gasteiger partial charge in [0.1, 0.15) is 18.8 Å². The minimum atomic E-state index is -0.410. The summed E-state index contributed by atoms with van der Waals surface area (Å²) in [6, 6.07) is 6.73. The molecule has 0 spiro atoms. The van der Waals surface area contributed by atoms with Crippen LogP contribution in [0.1, 0.15) is 15.9 Å². The number of benzene rings is 1. The number of hydrogen-bond donors (Lipinski definition) is 2. The Kier molecular flexibility index (Phi) is 4.52. The highest BCUT2D eigenvalue weighted by Crippen LogP contribution is 2.38. The molecule has 1 aliphatic heterocycles. The van der Waals surface area contributed by atoms with Crippen LogP contribution in [0.3, 0.4) is 0 Å². The lowest BCUT2D eigenvalue weighted by Crippen LogP contribution is -2.30. The molecule has 0 unspecified atom stereocenters. The zero-order valence-corrected chi connectivity index (χ0v) is 13.0. The number of halogens is 1. The Morgan fingerprint density at radius 1 is 1.30 bits per heavy atom. The van der Waals surface area contributed by atoms with Crippen LogP contribution in [0.2, 0.25) is 5.02 Å². The van der Waals surface area contributed by atoms with Crippen LogP contribution in [-0.4, -0.2) is 30.6 Å². The zero-order valence-electron chi connectivity index (χ0n) is 12.2. The van der Waals surface area contributed by atoms with Gasteiger partial charge >= 0.3 is 0 Å². The summed E-state index contributed by atoms with van der Waals surface area (Å²) in [5.74, 6) is 0.765. The third kappa shape index (κ3) is 3.48. The molecule has 2 N–H and O–H groups in total. The van der Waals surface area contributed by atoms with E-state index in [2.05, 4.69) is 10.3 Å². The van der Waals surface area contributed by atoms with Gasteiger partial charge in [-0.1, -0.05) is 11.6 Å². The Balaban J connectivity index is 1.63. The second-order valence-corrected chi connectivity index (χ2v) is 5.43. The lowest BCUT2D eigenvalue weighted by Gasteiger charge is -2.20. The summed E-state index contributed by atoms with van der Waals surface area (Å²) < 4.78 is 11.0. The Morgan fingerprint density at radius 3 is 2.96 bits per heavy atom. The quantitative estimate of drug-likeness (QED) is 0.893. The van der Waals surface area contributed by atoms with Gasteiger partial charge in [0, 0.05) is 12.7 Å². The predicted molar refractivity (Wildman–Crippen MR) is 85.5 cm³/mol. The molecular formula is C16H15ClN2O4. The van der Waals surface area contributed by atoms with Gasteiger partial charge in [0.2, 0.25) is 0 Å². The van der Waals surface area contributed by atoms with Crippen molar-refractivity contribution >= 4 is 17.5 Å². The van der Waals surface area contributed by atoms with Crippen molar-refractivity contribution in [3.05, 3.63) is 57.0 Å². The Morgan fingerprint density at radius 2 is 2.13 bits per heavy atom. The third-order valence-electron chi connectivity index (χ3n) is 3.42. The Labute approximate surface area is 137 Å². The number of carbonyl (C=O) groups excluding carboxylic acids is 1. The predicted octanol–water partition coefficient (Wildman–Crippen LogP) is 1.77. The smallest absolute Gasteiger partial charge is 0.260 e. The molecule has 3 rings (SSSR count). The number of aromatic amines is 1. The average molecular weight is 335 g/mol. The number of hydrogen-bond acceptors (Lipinski definition) is 4. The van der Waals surface area contributed by atoms with Crippen LogP contribution in [0.25, 0.3) is 0 Å². The van der Waals surface area contributed by atoms with Crippen LogP contribution in [0.4, 0.5) is 0 Å². The molecule has 1 amide bonds. The molecular weight excluding hydrogens is 320 g/mol. The maximum absolute atomic E-state index is 12.0. The van der Waals surface area contributed by atoms with E-state index in [1.807, 2.05) is 6.07 Å². The normalized spacial score (nSPS) is 12.7. The molecule has 7 heteroatoms. The highest BCUT2D eigenvalue weighted by atomic mass is 35.5. The fourth-order valence-electron chi connectivity index (χ4n) is 2.32. The minimum absolute atomic E-state index is 0.0905. The third-order valence-corrected chi connectivity index (χ3v) is 3.70. The summed E-state index contributed by atoms with van der Waals surface area (Å²) in [6.45, 7) is 1.34.